The Hall–Kier alpha value is -2.71. The van der Waals surface area contributed by atoms with Gasteiger partial charge in [-0.15, -0.1) is 0 Å². The molecule has 6 nitrogen and oxygen atoms in total. The first-order chi connectivity index (χ1) is 14.8. The first-order valence-electron chi connectivity index (χ1n) is 10.8. The maximum absolute atomic E-state index is 13.0. The van der Waals surface area contributed by atoms with E-state index in [0.29, 0.717) is 39.0 Å². The second-order valence-electron chi connectivity index (χ2n) is 8.46. The summed E-state index contributed by atoms with van der Waals surface area (Å²) in [5.41, 5.74) is 1.93. The number of hydrogen-bond acceptors (Lipinski definition) is 2. The molecule has 0 radical (unpaired) electrons. The van der Waals surface area contributed by atoms with Gasteiger partial charge in [0.25, 0.3) is 0 Å². The number of carbonyl (C=O) groups excluding carboxylic acids is 2. The number of para-hydroxylation sites is 1. The van der Waals surface area contributed by atoms with Crippen molar-refractivity contribution in [2.24, 2.45) is 5.92 Å². The minimum atomic E-state index is -4.21. The third-order valence-corrected chi connectivity index (χ3v) is 6.40. The second-order valence-corrected chi connectivity index (χ2v) is 8.46. The molecule has 0 bridgehead atoms. The van der Waals surface area contributed by atoms with Crippen molar-refractivity contribution in [3.05, 3.63) is 36.0 Å². The van der Waals surface area contributed by atoms with Gasteiger partial charge in [0.05, 0.1) is 12.3 Å². The van der Waals surface area contributed by atoms with Crippen LogP contribution in [0.5, 0.6) is 0 Å². The third kappa shape index (κ3) is 4.97. The van der Waals surface area contributed by atoms with Gasteiger partial charge in [-0.2, -0.15) is 13.2 Å². The van der Waals surface area contributed by atoms with Gasteiger partial charge < -0.3 is 20.1 Å². The first kappa shape index (κ1) is 21.5. The lowest BCUT2D eigenvalue weighted by atomic mass is 9.85. The van der Waals surface area contributed by atoms with E-state index in [9.17, 15) is 22.8 Å². The van der Waals surface area contributed by atoms with E-state index < -0.39 is 18.1 Å². The normalized spacial score (nSPS) is 22.5. The molecule has 2 fully saturated rings. The summed E-state index contributed by atoms with van der Waals surface area (Å²) in [5.74, 6) is -1.34. The van der Waals surface area contributed by atoms with Gasteiger partial charge in [-0.05, 0) is 30.9 Å². The number of nitrogens with zero attached hydrogens (tertiary/aromatic N) is 2. The topological polar surface area (TPSA) is 68.4 Å². The Morgan fingerprint density at radius 2 is 1.77 bits per heavy atom. The van der Waals surface area contributed by atoms with Crippen LogP contribution >= 0.6 is 0 Å². The fourth-order valence-corrected chi connectivity index (χ4v) is 4.60. The van der Waals surface area contributed by atoms with Crippen LogP contribution in [-0.2, 0) is 11.2 Å². The molecule has 1 saturated heterocycles. The van der Waals surface area contributed by atoms with E-state index in [1.54, 1.807) is 9.80 Å². The zero-order valence-electron chi connectivity index (χ0n) is 17.3. The quantitative estimate of drug-likeness (QED) is 0.771. The molecule has 4 rings (SSSR count). The van der Waals surface area contributed by atoms with Crippen molar-refractivity contribution in [1.82, 2.24) is 20.1 Å². The average Bonchev–Trinajstić information content (AvgIpc) is 3.16. The molecule has 2 unspecified atom stereocenters. The predicted molar refractivity (Wildman–Crippen MR) is 110 cm³/mol. The summed E-state index contributed by atoms with van der Waals surface area (Å²) >= 11 is 0. The molecular weight excluding hydrogens is 409 g/mol. The lowest BCUT2D eigenvalue weighted by Crippen LogP contribution is -2.55. The number of benzene rings is 1. The minimum Gasteiger partial charge on any atom is -0.361 e. The Labute approximate surface area is 178 Å². The van der Waals surface area contributed by atoms with Crippen molar-refractivity contribution in [3.63, 3.8) is 0 Å². The van der Waals surface area contributed by atoms with Crippen molar-refractivity contribution in [2.75, 3.05) is 26.2 Å². The molecule has 1 aromatic heterocycles. The number of piperazine rings is 1. The molecule has 1 aliphatic carbocycles. The summed E-state index contributed by atoms with van der Waals surface area (Å²) in [7, 11) is 0. The largest absolute Gasteiger partial charge is 0.391 e. The van der Waals surface area contributed by atoms with E-state index in [4.69, 9.17) is 0 Å². The van der Waals surface area contributed by atoms with Crippen LogP contribution in [0.2, 0.25) is 0 Å². The zero-order chi connectivity index (χ0) is 22.0. The van der Waals surface area contributed by atoms with Gasteiger partial charge in [-0.1, -0.05) is 24.6 Å². The first-order valence-corrected chi connectivity index (χ1v) is 10.8. The number of nitrogens with one attached hydrogen (secondary N) is 2. The average molecular weight is 436 g/mol. The Balaban J connectivity index is 1.26. The van der Waals surface area contributed by atoms with Crippen molar-refractivity contribution in [3.8, 4) is 0 Å². The second kappa shape index (κ2) is 8.80. The molecule has 1 aliphatic heterocycles. The fraction of sp³-hybridized carbons (Fsp3) is 0.545. The van der Waals surface area contributed by atoms with Crippen LogP contribution in [-0.4, -0.2) is 65.1 Å². The number of aromatic amines is 1. The highest BCUT2D eigenvalue weighted by Gasteiger charge is 2.42. The molecule has 2 aliphatic rings. The Morgan fingerprint density at radius 3 is 2.52 bits per heavy atom. The number of fused-ring (bicyclic) bond motifs is 1. The van der Waals surface area contributed by atoms with Crippen molar-refractivity contribution < 1.29 is 22.8 Å². The van der Waals surface area contributed by atoms with Gasteiger partial charge >= 0.3 is 12.2 Å². The molecule has 1 saturated carbocycles. The smallest absolute Gasteiger partial charge is 0.361 e. The number of alkyl halides is 3. The highest BCUT2D eigenvalue weighted by atomic mass is 19.4. The molecule has 3 amide bonds. The lowest BCUT2D eigenvalue weighted by molar-refractivity contribution is -0.183. The molecule has 9 heteroatoms. The molecule has 31 heavy (non-hydrogen) atoms. The van der Waals surface area contributed by atoms with Gasteiger partial charge in [-0.25, -0.2) is 4.79 Å². The molecule has 168 valence electrons. The van der Waals surface area contributed by atoms with Crippen molar-refractivity contribution in [1.29, 1.82) is 0 Å². The number of aromatic nitrogens is 1. The molecule has 2 N–H and O–H groups in total. The van der Waals surface area contributed by atoms with E-state index in [-0.39, 0.29) is 31.2 Å². The third-order valence-electron chi connectivity index (χ3n) is 6.40. The Morgan fingerprint density at radius 1 is 1.06 bits per heavy atom. The van der Waals surface area contributed by atoms with Gasteiger partial charge in [0.2, 0.25) is 5.91 Å². The standard InChI is InChI=1S/C22H27F3N4O2/c23-22(24,25)16-4-3-5-17(13-16)27-21(31)29-10-8-28(9-11-29)20(30)12-15-14-26-19-7-2-1-6-18(15)19/h1-2,6-7,14,16-17,26H,3-5,8-13H2,(H,27,31). The molecular formula is C22H27F3N4O2. The van der Waals surface area contributed by atoms with E-state index in [1.165, 1.54) is 0 Å². The summed E-state index contributed by atoms with van der Waals surface area (Å²) in [4.78, 5) is 31.7. The maximum atomic E-state index is 13.0. The van der Waals surface area contributed by atoms with Gasteiger partial charge in [0.1, 0.15) is 0 Å². The number of hydrogen-bond donors (Lipinski definition) is 2. The van der Waals surface area contributed by atoms with Crippen LogP contribution in [0.25, 0.3) is 10.9 Å². The summed E-state index contributed by atoms with van der Waals surface area (Å²) in [6.07, 6.45) is -0.958. The number of rotatable bonds is 3. The summed E-state index contributed by atoms with van der Waals surface area (Å²) in [5, 5.41) is 3.80. The van der Waals surface area contributed by atoms with Crippen LogP contribution in [0.3, 0.4) is 0 Å². The number of amides is 3. The molecule has 0 spiro atoms. The fourth-order valence-electron chi connectivity index (χ4n) is 4.60. The van der Waals surface area contributed by atoms with Crippen molar-refractivity contribution in [2.45, 2.75) is 44.3 Å². The molecule has 1 aromatic carbocycles. The maximum Gasteiger partial charge on any atom is 0.391 e. The van der Waals surface area contributed by atoms with Gasteiger partial charge in [0, 0.05) is 49.3 Å². The van der Waals surface area contributed by atoms with Gasteiger partial charge in [0.15, 0.2) is 0 Å². The summed E-state index contributed by atoms with van der Waals surface area (Å²) in [6, 6.07) is 7.02. The molecule has 2 heterocycles. The van der Waals surface area contributed by atoms with Crippen molar-refractivity contribution >= 4 is 22.8 Å². The number of carbonyl (C=O) groups is 2. The van der Waals surface area contributed by atoms with Crippen LogP contribution < -0.4 is 5.32 Å². The van der Waals surface area contributed by atoms with Crippen LogP contribution in [0.4, 0.5) is 18.0 Å². The number of H-pyrrole nitrogens is 1. The molecule has 2 aromatic rings. The van der Waals surface area contributed by atoms with E-state index in [1.807, 2.05) is 30.5 Å². The predicted octanol–water partition coefficient (Wildman–Crippen LogP) is 3.69. The lowest BCUT2D eigenvalue weighted by Gasteiger charge is -2.37. The van der Waals surface area contributed by atoms with E-state index in [0.717, 1.165) is 16.5 Å². The highest BCUT2D eigenvalue weighted by molar-refractivity contribution is 5.89. The van der Waals surface area contributed by atoms with Gasteiger partial charge in [-0.3, -0.25) is 4.79 Å². The number of halogens is 3. The monoisotopic (exact) mass is 436 g/mol. The molecule has 2 atom stereocenters. The minimum absolute atomic E-state index is 0.00473. The highest BCUT2D eigenvalue weighted by Crippen LogP contribution is 2.37. The van der Waals surface area contributed by atoms with Crippen LogP contribution in [0, 0.1) is 5.92 Å². The van der Waals surface area contributed by atoms with Crippen LogP contribution in [0.15, 0.2) is 30.5 Å². The Kier molecular flexibility index (Phi) is 6.11. The zero-order valence-corrected chi connectivity index (χ0v) is 17.3. The van der Waals surface area contributed by atoms with Crippen LogP contribution in [0.1, 0.15) is 31.2 Å². The SMILES string of the molecule is O=C(Cc1c[nH]c2ccccc12)N1CCN(C(=O)NC2CCCC(C(F)(F)F)C2)CC1. The van der Waals surface area contributed by atoms with E-state index in [2.05, 4.69) is 10.3 Å². The summed E-state index contributed by atoms with van der Waals surface area (Å²) in [6.45, 7) is 1.59. The number of urea groups is 1. The Bertz CT molecular complexity index is 934. The van der Waals surface area contributed by atoms with E-state index >= 15 is 0 Å². The summed E-state index contributed by atoms with van der Waals surface area (Å²) < 4.78 is 39.0.